The van der Waals surface area contributed by atoms with Gasteiger partial charge in [0.25, 0.3) is 0 Å². The number of amides is 5. The maximum Gasteiger partial charge on any atom is 0.335 e. The summed E-state index contributed by atoms with van der Waals surface area (Å²) in [5, 5.41) is 0. The SMILES string of the molecule is CCN(C(=O)CN1C(=O)C(=O)N(Cc2ccccc2)C1=O)[C@@H]1CCS(=O)(=O)C1. The van der Waals surface area contributed by atoms with Crippen LogP contribution in [0.25, 0.3) is 0 Å². The van der Waals surface area contributed by atoms with Gasteiger partial charge in [-0.15, -0.1) is 0 Å². The van der Waals surface area contributed by atoms with Crippen LogP contribution in [0, 0.1) is 0 Å². The van der Waals surface area contributed by atoms with Gasteiger partial charge in [0.05, 0.1) is 18.1 Å². The summed E-state index contributed by atoms with van der Waals surface area (Å²) in [6.07, 6.45) is 0.322. The molecule has 150 valence electrons. The second kappa shape index (κ2) is 7.70. The minimum absolute atomic E-state index is 0.00631. The van der Waals surface area contributed by atoms with Crippen LogP contribution in [0.2, 0.25) is 0 Å². The lowest BCUT2D eigenvalue weighted by Gasteiger charge is -2.28. The third kappa shape index (κ3) is 3.91. The van der Waals surface area contributed by atoms with Gasteiger partial charge in [-0.2, -0.15) is 0 Å². The summed E-state index contributed by atoms with van der Waals surface area (Å²) in [7, 11) is -3.19. The standard InChI is InChI=1S/C18H21N3O6S/c1-2-19(14-8-9-28(26,27)12-14)15(22)11-21-17(24)16(23)20(18(21)25)10-13-6-4-3-5-7-13/h3-7,14H,2,8-12H2,1H3/t14-/m1/s1. The number of sulfone groups is 1. The molecule has 28 heavy (non-hydrogen) atoms. The molecule has 2 aliphatic heterocycles. The van der Waals surface area contributed by atoms with Crippen LogP contribution in [0.1, 0.15) is 18.9 Å². The number of likely N-dealkylation sites (N-methyl/N-ethyl adjacent to an activating group) is 1. The van der Waals surface area contributed by atoms with Gasteiger partial charge in [0.1, 0.15) is 6.54 Å². The number of urea groups is 1. The molecule has 1 aromatic carbocycles. The molecule has 0 N–H and O–H groups in total. The molecule has 0 spiro atoms. The molecule has 0 saturated carbocycles. The Kier molecular flexibility index (Phi) is 5.50. The predicted molar refractivity (Wildman–Crippen MR) is 98.5 cm³/mol. The fraction of sp³-hybridized carbons (Fsp3) is 0.444. The van der Waals surface area contributed by atoms with Crippen molar-refractivity contribution >= 4 is 33.6 Å². The zero-order valence-corrected chi connectivity index (χ0v) is 16.2. The van der Waals surface area contributed by atoms with Gasteiger partial charge < -0.3 is 4.90 Å². The molecule has 2 aliphatic rings. The van der Waals surface area contributed by atoms with Crippen molar-refractivity contribution in [3.8, 4) is 0 Å². The molecule has 2 fully saturated rings. The molecule has 5 amide bonds. The highest BCUT2D eigenvalue weighted by atomic mass is 32.2. The van der Waals surface area contributed by atoms with E-state index in [-0.39, 0.29) is 24.6 Å². The Morgan fingerprint density at radius 1 is 1.11 bits per heavy atom. The summed E-state index contributed by atoms with van der Waals surface area (Å²) >= 11 is 0. The fourth-order valence-electron chi connectivity index (χ4n) is 3.48. The zero-order chi connectivity index (χ0) is 20.5. The number of hydrogen-bond acceptors (Lipinski definition) is 6. The Morgan fingerprint density at radius 3 is 2.32 bits per heavy atom. The highest BCUT2D eigenvalue weighted by Gasteiger charge is 2.46. The first kappa shape index (κ1) is 20.0. The Balaban J connectivity index is 1.70. The van der Waals surface area contributed by atoms with Crippen LogP contribution in [0.4, 0.5) is 4.79 Å². The van der Waals surface area contributed by atoms with Gasteiger partial charge in [-0.05, 0) is 18.9 Å². The number of hydrogen-bond donors (Lipinski definition) is 0. The van der Waals surface area contributed by atoms with E-state index in [0.29, 0.717) is 16.9 Å². The van der Waals surface area contributed by atoms with Crippen LogP contribution in [0.15, 0.2) is 30.3 Å². The number of nitrogens with zero attached hydrogens (tertiary/aromatic N) is 3. The van der Waals surface area contributed by atoms with Gasteiger partial charge in [-0.25, -0.2) is 18.1 Å². The number of imide groups is 2. The van der Waals surface area contributed by atoms with E-state index in [2.05, 4.69) is 0 Å². The van der Waals surface area contributed by atoms with Crippen LogP contribution in [0.5, 0.6) is 0 Å². The average molecular weight is 407 g/mol. The Bertz CT molecular complexity index is 915. The number of rotatable bonds is 6. The van der Waals surface area contributed by atoms with Crippen LogP contribution < -0.4 is 0 Å². The molecule has 10 heteroatoms. The lowest BCUT2D eigenvalue weighted by atomic mass is 10.2. The molecule has 2 saturated heterocycles. The van der Waals surface area contributed by atoms with E-state index >= 15 is 0 Å². The second-order valence-corrected chi connectivity index (χ2v) is 9.02. The van der Waals surface area contributed by atoms with Crippen molar-refractivity contribution in [2.75, 3.05) is 24.6 Å². The normalized spacial score (nSPS) is 21.5. The van der Waals surface area contributed by atoms with Crippen LogP contribution in [0.3, 0.4) is 0 Å². The van der Waals surface area contributed by atoms with Crippen LogP contribution in [-0.2, 0) is 30.8 Å². The van der Waals surface area contributed by atoms with Crippen molar-refractivity contribution in [2.45, 2.75) is 25.9 Å². The van der Waals surface area contributed by atoms with E-state index < -0.39 is 46.2 Å². The van der Waals surface area contributed by atoms with Crippen molar-refractivity contribution in [1.82, 2.24) is 14.7 Å². The van der Waals surface area contributed by atoms with E-state index in [1.54, 1.807) is 37.3 Å². The summed E-state index contributed by atoms with van der Waals surface area (Å²) in [4.78, 5) is 52.4. The van der Waals surface area contributed by atoms with E-state index in [0.717, 1.165) is 4.90 Å². The van der Waals surface area contributed by atoms with Crippen molar-refractivity contribution < 1.29 is 27.6 Å². The maximum absolute atomic E-state index is 12.6. The van der Waals surface area contributed by atoms with Gasteiger partial charge in [0.2, 0.25) is 5.91 Å². The van der Waals surface area contributed by atoms with Crippen molar-refractivity contribution in [2.24, 2.45) is 0 Å². The summed E-state index contributed by atoms with van der Waals surface area (Å²) < 4.78 is 23.4. The first-order valence-electron chi connectivity index (χ1n) is 8.94. The Morgan fingerprint density at radius 2 is 1.75 bits per heavy atom. The molecule has 0 aromatic heterocycles. The Labute approximate surface area is 162 Å². The van der Waals surface area contributed by atoms with Crippen molar-refractivity contribution in [3.05, 3.63) is 35.9 Å². The predicted octanol–water partition coefficient (Wildman–Crippen LogP) is 0.0130. The van der Waals surface area contributed by atoms with Crippen molar-refractivity contribution in [3.63, 3.8) is 0 Å². The number of carbonyl (C=O) groups is 4. The van der Waals surface area contributed by atoms with Crippen LogP contribution >= 0.6 is 0 Å². The lowest BCUT2D eigenvalue weighted by molar-refractivity contribution is -0.145. The quantitative estimate of drug-likeness (QED) is 0.485. The smallest absolute Gasteiger partial charge is 0.335 e. The summed E-state index contributed by atoms with van der Waals surface area (Å²) in [6.45, 7) is 1.30. The molecule has 0 radical (unpaired) electrons. The molecular formula is C18H21N3O6S. The molecule has 1 atom stereocenters. The zero-order valence-electron chi connectivity index (χ0n) is 15.4. The summed E-state index contributed by atoms with van der Waals surface area (Å²) in [5.41, 5.74) is 0.677. The third-order valence-corrected chi connectivity index (χ3v) is 6.67. The van der Waals surface area contributed by atoms with Gasteiger partial charge in [-0.3, -0.25) is 19.3 Å². The largest absolute Gasteiger partial charge is 0.337 e. The second-order valence-electron chi connectivity index (χ2n) is 6.79. The third-order valence-electron chi connectivity index (χ3n) is 4.92. The fourth-order valence-corrected chi connectivity index (χ4v) is 5.21. The number of carbonyl (C=O) groups excluding carboxylic acids is 4. The van der Waals surface area contributed by atoms with Gasteiger partial charge in [0.15, 0.2) is 9.84 Å². The van der Waals surface area contributed by atoms with Gasteiger partial charge >= 0.3 is 17.8 Å². The molecule has 0 bridgehead atoms. The van der Waals surface area contributed by atoms with E-state index in [1.807, 2.05) is 0 Å². The Hall–Kier alpha value is -2.75. The van der Waals surface area contributed by atoms with Crippen molar-refractivity contribution in [1.29, 1.82) is 0 Å². The molecule has 0 unspecified atom stereocenters. The van der Waals surface area contributed by atoms with Crippen LogP contribution in [-0.4, -0.2) is 77.5 Å². The molecule has 1 aromatic rings. The van der Waals surface area contributed by atoms with E-state index in [9.17, 15) is 27.6 Å². The van der Waals surface area contributed by atoms with Gasteiger partial charge in [0, 0.05) is 12.6 Å². The van der Waals surface area contributed by atoms with Gasteiger partial charge in [-0.1, -0.05) is 30.3 Å². The molecule has 9 nitrogen and oxygen atoms in total. The maximum atomic E-state index is 12.6. The molecular weight excluding hydrogens is 386 g/mol. The summed E-state index contributed by atoms with van der Waals surface area (Å²) in [6, 6.07) is 7.40. The highest BCUT2D eigenvalue weighted by Crippen LogP contribution is 2.20. The number of benzene rings is 1. The molecule has 3 rings (SSSR count). The minimum Gasteiger partial charge on any atom is -0.337 e. The average Bonchev–Trinajstić information content (AvgIpc) is 3.11. The summed E-state index contributed by atoms with van der Waals surface area (Å²) in [5.74, 6) is -2.71. The van der Waals surface area contributed by atoms with E-state index in [4.69, 9.17) is 0 Å². The lowest BCUT2D eigenvalue weighted by Crippen LogP contribution is -2.47. The first-order chi connectivity index (χ1) is 13.2. The molecule has 0 aliphatic carbocycles. The molecule has 2 heterocycles. The highest BCUT2D eigenvalue weighted by molar-refractivity contribution is 7.91. The topological polar surface area (TPSA) is 112 Å². The first-order valence-corrected chi connectivity index (χ1v) is 10.8. The van der Waals surface area contributed by atoms with E-state index in [1.165, 1.54) is 4.90 Å². The minimum atomic E-state index is -3.19. The monoisotopic (exact) mass is 407 g/mol.